The lowest BCUT2D eigenvalue weighted by Crippen LogP contribution is -1.81. The summed E-state index contributed by atoms with van der Waals surface area (Å²) in [6, 6.07) is 24.4. The third-order valence-corrected chi connectivity index (χ3v) is 5.71. The fraction of sp³-hybridized carbons (Fsp3) is 0.0476. The molecule has 4 aromatic carbocycles. The minimum Gasteiger partial charge on any atom is -0.135 e. The zero-order valence-corrected chi connectivity index (χ0v) is 13.1. The Morgan fingerprint density at radius 3 is 2.18 bits per heavy atom. The first-order chi connectivity index (χ1) is 10.8. The monoisotopic (exact) mass is 298 g/mol. The quantitative estimate of drug-likeness (QED) is 0.280. The van der Waals surface area contributed by atoms with E-state index in [1.807, 2.05) is 11.3 Å². The highest BCUT2D eigenvalue weighted by molar-refractivity contribution is 7.27. The molecule has 0 bridgehead atoms. The Labute approximate surface area is 132 Å². The van der Waals surface area contributed by atoms with Gasteiger partial charge in [-0.1, -0.05) is 60.2 Å². The maximum atomic E-state index is 2.33. The zero-order valence-electron chi connectivity index (χ0n) is 12.3. The van der Waals surface area contributed by atoms with Gasteiger partial charge in [0.05, 0.1) is 0 Å². The molecule has 1 heterocycles. The van der Waals surface area contributed by atoms with Crippen molar-refractivity contribution in [1.29, 1.82) is 0 Å². The molecule has 0 spiro atoms. The Bertz CT molecular complexity index is 1180. The maximum absolute atomic E-state index is 2.33. The Kier molecular flexibility index (Phi) is 2.39. The van der Waals surface area contributed by atoms with Crippen molar-refractivity contribution >= 4 is 53.1 Å². The van der Waals surface area contributed by atoms with Gasteiger partial charge in [-0.2, -0.15) is 0 Å². The van der Waals surface area contributed by atoms with Crippen molar-refractivity contribution in [2.24, 2.45) is 0 Å². The molecule has 22 heavy (non-hydrogen) atoms. The molecule has 0 aliphatic rings. The fourth-order valence-corrected chi connectivity index (χ4v) is 4.77. The van der Waals surface area contributed by atoms with Crippen LogP contribution in [-0.2, 0) is 0 Å². The number of aryl methyl sites for hydroxylation is 1. The lowest BCUT2D eigenvalue weighted by atomic mass is 9.96. The molecular weight excluding hydrogens is 284 g/mol. The fourth-order valence-electron chi connectivity index (χ4n) is 3.52. The summed E-state index contributed by atoms with van der Waals surface area (Å²) < 4.78 is 2.79. The van der Waals surface area contributed by atoms with Gasteiger partial charge in [0, 0.05) is 25.6 Å². The summed E-state index contributed by atoms with van der Waals surface area (Å²) in [5.41, 5.74) is 1.32. The SMILES string of the molecule is Cc1ccc2c3ccccc3c3c4ccccc4sc3c2c1. The van der Waals surface area contributed by atoms with Crippen molar-refractivity contribution < 1.29 is 0 Å². The first-order valence-electron chi connectivity index (χ1n) is 7.55. The second-order valence-corrected chi connectivity index (χ2v) is 6.95. The van der Waals surface area contributed by atoms with Gasteiger partial charge in [0.25, 0.3) is 0 Å². The van der Waals surface area contributed by atoms with Gasteiger partial charge in [-0.15, -0.1) is 11.3 Å². The molecule has 0 N–H and O–H groups in total. The van der Waals surface area contributed by atoms with Crippen molar-refractivity contribution in [3.05, 3.63) is 72.3 Å². The Hall–Kier alpha value is -2.38. The molecular formula is C21H14S. The highest BCUT2D eigenvalue weighted by Gasteiger charge is 2.13. The average molecular weight is 298 g/mol. The van der Waals surface area contributed by atoms with Crippen LogP contribution in [0.5, 0.6) is 0 Å². The Morgan fingerprint density at radius 2 is 1.32 bits per heavy atom. The summed E-state index contributed by atoms with van der Waals surface area (Å²) in [4.78, 5) is 0. The van der Waals surface area contributed by atoms with Crippen LogP contribution < -0.4 is 0 Å². The topological polar surface area (TPSA) is 0 Å². The summed E-state index contributed by atoms with van der Waals surface area (Å²) >= 11 is 1.91. The van der Waals surface area contributed by atoms with Crippen molar-refractivity contribution in [3.8, 4) is 0 Å². The lowest BCUT2D eigenvalue weighted by Gasteiger charge is -2.08. The van der Waals surface area contributed by atoms with Crippen LogP contribution in [0.15, 0.2) is 66.7 Å². The van der Waals surface area contributed by atoms with Gasteiger partial charge >= 0.3 is 0 Å². The minimum atomic E-state index is 1.32. The highest BCUT2D eigenvalue weighted by Crippen LogP contribution is 2.43. The normalized spacial score (nSPS) is 11.9. The second-order valence-electron chi connectivity index (χ2n) is 5.90. The predicted molar refractivity (Wildman–Crippen MR) is 99.1 cm³/mol. The third-order valence-electron chi connectivity index (χ3n) is 4.50. The molecule has 0 aliphatic heterocycles. The van der Waals surface area contributed by atoms with Gasteiger partial charge in [-0.05, 0) is 35.2 Å². The van der Waals surface area contributed by atoms with E-state index < -0.39 is 0 Å². The van der Waals surface area contributed by atoms with E-state index >= 15 is 0 Å². The first-order valence-corrected chi connectivity index (χ1v) is 8.37. The van der Waals surface area contributed by atoms with Crippen LogP contribution >= 0.6 is 11.3 Å². The van der Waals surface area contributed by atoms with E-state index in [9.17, 15) is 0 Å². The standard InChI is InChI=1S/C21H14S/c1-13-10-11-15-14-6-2-3-7-16(14)20-17-8-4-5-9-19(17)22-21(20)18(15)12-13/h2-12H,1H3. The molecule has 1 heteroatoms. The number of benzene rings is 4. The average Bonchev–Trinajstić information content (AvgIpc) is 2.95. The summed E-state index contributed by atoms with van der Waals surface area (Å²) in [5, 5.41) is 8.26. The van der Waals surface area contributed by atoms with Gasteiger partial charge in [0.2, 0.25) is 0 Å². The molecule has 0 unspecified atom stereocenters. The van der Waals surface area contributed by atoms with Crippen LogP contribution in [0.25, 0.3) is 41.7 Å². The maximum Gasteiger partial charge on any atom is 0.0440 e. The van der Waals surface area contributed by atoms with Crippen molar-refractivity contribution in [3.63, 3.8) is 0 Å². The molecule has 5 aromatic rings. The molecule has 0 amide bonds. The smallest absolute Gasteiger partial charge is 0.0440 e. The van der Waals surface area contributed by atoms with Gasteiger partial charge in [-0.3, -0.25) is 0 Å². The largest absolute Gasteiger partial charge is 0.135 e. The van der Waals surface area contributed by atoms with Crippen LogP contribution in [0.2, 0.25) is 0 Å². The van der Waals surface area contributed by atoms with Crippen LogP contribution in [0, 0.1) is 6.92 Å². The van der Waals surface area contributed by atoms with Crippen molar-refractivity contribution in [2.75, 3.05) is 0 Å². The predicted octanol–water partition coefficient (Wildman–Crippen LogP) is 6.67. The molecule has 5 rings (SSSR count). The molecule has 0 nitrogen and oxygen atoms in total. The van der Waals surface area contributed by atoms with Gasteiger partial charge in [0.1, 0.15) is 0 Å². The first kappa shape index (κ1) is 12.2. The number of hydrogen-bond donors (Lipinski definition) is 0. The highest BCUT2D eigenvalue weighted by atomic mass is 32.1. The van der Waals surface area contributed by atoms with E-state index in [4.69, 9.17) is 0 Å². The van der Waals surface area contributed by atoms with Gasteiger partial charge in [-0.25, -0.2) is 0 Å². The van der Waals surface area contributed by atoms with E-state index in [2.05, 4.69) is 73.7 Å². The van der Waals surface area contributed by atoms with Gasteiger partial charge in [0.15, 0.2) is 0 Å². The molecule has 104 valence electrons. The minimum absolute atomic E-state index is 1.32. The number of fused-ring (bicyclic) bond motifs is 8. The van der Waals surface area contributed by atoms with Gasteiger partial charge < -0.3 is 0 Å². The third kappa shape index (κ3) is 1.52. The van der Waals surface area contributed by atoms with E-state index in [0.29, 0.717) is 0 Å². The molecule has 1 aromatic heterocycles. The van der Waals surface area contributed by atoms with E-state index in [0.717, 1.165) is 0 Å². The molecule has 0 fully saturated rings. The number of hydrogen-bond acceptors (Lipinski definition) is 1. The van der Waals surface area contributed by atoms with Crippen molar-refractivity contribution in [2.45, 2.75) is 6.92 Å². The molecule has 0 radical (unpaired) electrons. The summed E-state index contributed by atoms with van der Waals surface area (Å²) in [7, 11) is 0. The zero-order chi connectivity index (χ0) is 14.7. The van der Waals surface area contributed by atoms with E-state index in [1.165, 1.54) is 47.3 Å². The molecule has 0 saturated heterocycles. The van der Waals surface area contributed by atoms with E-state index in [1.54, 1.807) is 0 Å². The summed E-state index contributed by atoms with van der Waals surface area (Å²) in [5.74, 6) is 0. The second kappa shape index (κ2) is 4.31. The molecule has 0 saturated carbocycles. The lowest BCUT2D eigenvalue weighted by molar-refractivity contribution is 1.51. The summed E-state index contributed by atoms with van der Waals surface area (Å²) in [6.45, 7) is 2.17. The number of rotatable bonds is 0. The molecule has 0 atom stereocenters. The Balaban J connectivity index is 2.23. The van der Waals surface area contributed by atoms with E-state index in [-0.39, 0.29) is 0 Å². The van der Waals surface area contributed by atoms with Crippen LogP contribution in [0.4, 0.5) is 0 Å². The number of thiophene rings is 1. The summed E-state index contributed by atoms with van der Waals surface area (Å²) in [6.07, 6.45) is 0. The van der Waals surface area contributed by atoms with Crippen molar-refractivity contribution in [1.82, 2.24) is 0 Å². The van der Waals surface area contributed by atoms with Crippen LogP contribution in [-0.4, -0.2) is 0 Å². The Morgan fingerprint density at radius 1 is 0.636 bits per heavy atom. The van der Waals surface area contributed by atoms with Crippen LogP contribution in [0.1, 0.15) is 5.56 Å². The van der Waals surface area contributed by atoms with Crippen LogP contribution in [0.3, 0.4) is 0 Å². The molecule has 0 aliphatic carbocycles.